The van der Waals surface area contributed by atoms with Gasteiger partial charge < -0.3 is 13.3 Å². The maximum absolute atomic E-state index is 5.46. The summed E-state index contributed by atoms with van der Waals surface area (Å²) in [6.45, 7) is 0. The molecule has 3 nitrogen and oxygen atoms in total. The summed E-state index contributed by atoms with van der Waals surface area (Å²) in [6, 6.07) is 1.92. The fourth-order valence-electron chi connectivity index (χ4n) is 1.38. The van der Waals surface area contributed by atoms with E-state index in [1.807, 2.05) is 6.07 Å². The van der Waals surface area contributed by atoms with Gasteiger partial charge in [0.05, 0.1) is 0 Å². The smallest absolute Gasteiger partial charge is 0.373 e. The first kappa shape index (κ1) is 16.3. The Morgan fingerprint density at radius 2 is 1.29 bits per heavy atom. The van der Waals surface area contributed by atoms with E-state index in [0.29, 0.717) is 0 Å². The minimum absolute atomic E-state index is 0.852. The molecule has 96 valence electrons. The molecular formula is C9H10Br4O3Si. The molecule has 0 aromatic heterocycles. The summed E-state index contributed by atoms with van der Waals surface area (Å²) in [5.74, 6) is 0. The lowest BCUT2D eigenvalue weighted by Crippen LogP contribution is -2.55. The van der Waals surface area contributed by atoms with Crippen molar-refractivity contribution in [2.24, 2.45) is 0 Å². The third-order valence-electron chi connectivity index (χ3n) is 2.24. The van der Waals surface area contributed by atoms with Gasteiger partial charge in [-0.3, -0.25) is 0 Å². The van der Waals surface area contributed by atoms with Crippen molar-refractivity contribution in [1.82, 2.24) is 0 Å². The second kappa shape index (κ2) is 6.60. The van der Waals surface area contributed by atoms with Crippen LogP contribution in [0.3, 0.4) is 0 Å². The Kier molecular flexibility index (Phi) is 6.33. The van der Waals surface area contributed by atoms with Crippen molar-refractivity contribution in [1.29, 1.82) is 0 Å². The van der Waals surface area contributed by atoms with Gasteiger partial charge in [0.25, 0.3) is 0 Å². The van der Waals surface area contributed by atoms with Crippen molar-refractivity contribution in [3.05, 3.63) is 24.0 Å². The summed E-state index contributed by atoms with van der Waals surface area (Å²) < 4.78 is 19.9. The van der Waals surface area contributed by atoms with Crippen LogP contribution in [0.25, 0.3) is 0 Å². The Morgan fingerprint density at radius 3 is 1.71 bits per heavy atom. The fourth-order valence-corrected chi connectivity index (χ4v) is 6.38. The predicted molar refractivity (Wildman–Crippen MR) is 83.7 cm³/mol. The number of halogens is 4. The molecule has 0 aliphatic carbocycles. The lowest BCUT2D eigenvalue weighted by Gasteiger charge is -2.26. The summed E-state index contributed by atoms with van der Waals surface area (Å²) in [7, 11) is 1.89. The van der Waals surface area contributed by atoms with Crippen LogP contribution in [-0.2, 0) is 13.3 Å². The third-order valence-corrected chi connectivity index (χ3v) is 9.93. The van der Waals surface area contributed by atoms with E-state index in [1.54, 1.807) is 21.3 Å². The van der Waals surface area contributed by atoms with Crippen LogP contribution in [0.5, 0.6) is 0 Å². The molecule has 8 heteroatoms. The summed E-state index contributed by atoms with van der Waals surface area (Å²) in [4.78, 5) is 0. The van der Waals surface area contributed by atoms with Crippen molar-refractivity contribution in [3.8, 4) is 0 Å². The highest BCUT2D eigenvalue weighted by atomic mass is 79.9. The summed E-state index contributed by atoms with van der Waals surface area (Å²) in [6.07, 6.45) is 0. The molecular weight excluding hydrogens is 504 g/mol. The zero-order valence-corrected chi connectivity index (χ0v) is 16.7. The number of rotatable bonds is 4. The minimum Gasteiger partial charge on any atom is -0.373 e. The molecule has 0 aliphatic rings. The molecule has 1 rings (SSSR count). The van der Waals surface area contributed by atoms with Gasteiger partial charge in [-0.15, -0.1) is 0 Å². The SMILES string of the molecule is CO[Si](OC)(OC)c1cc(Br)c(Br)c(Br)c1Br. The molecule has 0 fully saturated rings. The first-order chi connectivity index (χ1) is 7.93. The van der Waals surface area contributed by atoms with Gasteiger partial charge in [0.2, 0.25) is 0 Å². The lowest BCUT2D eigenvalue weighted by atomic mass is 10.4. The van der Waals surface area contributed by atoms with Gasteiger partial charge in [-0.2, -0.15) is 0 Å². The molecule has 0 heterocycles. The monoisotopic (exact) mass is 510 g/mol. The van der Waals surface area contributed by atoms with E-state index < -0.39 is 8.80 Å². The number of hydrogen-bond donors (Lipinski definition) is 0. The second-order valence-corrected chi connectivity index (χ2v) is 9.13. The first-order valence-electron chi connectivity index (χ1n) is 4.42. The zero-order chi connectivity index (χ0) is 13.2. The molecule has 0 N–H and O–H groups in total. The van der Waals surface area contributed by atoms with Crippen LogP contribution in [-0.4, -0.2) is 30.1 Å². The molecule has 17 heavy (non-hydrogen) atoms. The van der Waals surface area contributed by atoms with Gasteiger partial charge in [0.1, 0.15) is 0 Å². The highest BCUT2D eigenvalue weighted by molar-refractivity contribution is 9.15. The van der Waals surface area contributed by atoms with Crippen LogP contribution in [0.4, 0.5) is 0 Å². The van der Waals surface area contributed by atoms with E-state index >= 15 is 0 Å². The molecule has 0 aliphatic heterocycles. The van der Waals surface area contributed by atoms with E-state index in [2.05, 4.69) is 63.7 Å². The Morgan fingerprint density at radius 1 is 0.824 bits per heavy atom. The molecule has 0 saturated carbocycles. The zero-order valence-electron chi connectivity index (χ0n) is 9.31. The van der Waals surface area contributed by atoms with Crippen LogP contribution in [0, 0.1) is 0 Å². The number of benzene rings is 1. The topological polar surface area (TPSA) is 27.7 Å². The first-order valence-corrected chi connectivity index (χ1v) is 9.32. The van der Waals surface area contributed by atoms with Crippen LogP contribution in [0.1, 0.15) is 0 Å². The summed E-state index contributed by atoms with van der Waals surface area (Å²) in [5.41, 5.74) is 0. The van der Waals surface area contributed by atoms with Crippen molar-refractivity contribution in [3.63, 3.8) is 0 Å². The van der Waals surface area contributed by atoms with Crippen molar-refractivity contribution in [2.45, 2.75) is 0 Å². The molecule has 0 spiro atoms. The van der Waals surface area contributed by atoms with Crippen molar-refractivity contribution >= 4 is 77.7 Å². The standard InChI is InChI=1S/C9H10Br4O3Si/c1-14-17(15-2,16-3)6-4-5(10)7(11)9(13)8(6)12/h4H,1-3H3. The van der Waals surface area contributed by atoms with Gasteiger partial charge in [-0.05, 0) is 69.8 Å². The van der Waals surface area contributed by atoms with E-state index in [-0.39, 0.29) is 0 Å². The van der Waals surface area contributed by atoms with E-state index in [0.717, 1.165) is 23.1 Å². The van der Waals surface area contributed by atoms with Gasteiger partial charge in [0.15, 0.2) is 0 Å². The van der Waals surface area contributed by atoms with Crippen molar-refractivity contribution in [2.75, 3.05) is 21.3 Å². The Labute approximate surface area is 135 Å². The Bertz CT molecular complexity index is 415. The molecule has 0 radical (unpaired) electrons. The van der Waals surface area contributed by atoms with E-state index in [4.69, 9.17) is 13.3 Å². The molecule has 0 unspecified atom stereocenters. The van der Waals surface area contributed by atoms with Gasteiger partial charge in [-0.1, -0.05) is 0 Å². The molecule has 0 bridgehead atoms. The Hall–Kier alpha value is 1.24. The van der Waals surface area contributed by atoms with Gasteiger partial charge in [0, 0.05) is 44.4 Å². The highest BCUT2D eigenvalue weighted by Gasteiger charge is 2.43. The predicted octanol–water partition coefficient (Wildman–Crippen LogP) is 3.82. The lowest BCUT2D eigenvalue weighted by molar-refractivity contribution is 0.140. The molecule has 0 atom stereocenters. The normalized spacial score (nSPS) is 11.9. The van der Waals surface area contributed by atoms with Crippen LogP contribution in [0.15, 0.2) is 24.0 Å². The largest absolute Gasteiger partial charge is 0.537 e. The summed E-state index contributed by atoms with van der Waals surface area (Å²) in [5, 5.41) is 0.854. The summed E-state index contributed by atoms with van der Waals surface area (Å²) >= 11 is 13.9. The molecule has 0 amide bonds. The average Bonchev–Trinajstić information content (AvgIpc) is 2.35. The molecule has 1 aromatic rings. The molecule has 0 saturated heterocycles. The van der Waals surface area contributed by atoms with E-state index in [1.165, 1.54) is 0 Å². The van der Waals surface area contributed by atoms with Crippen LogP contribution >= 0.6 is 63.7 Å². The van der Waals surface area contributed by atoms with E-state index in [9.17, 15) is 0 Å². The third kappa shape index (κ3) is 3.05. The highest BCUT2D eigenvalue weighted by Crippen LogP contribution is 2.36. The maximum atomic E-state index is 5.46. The quantitative estimate of drug-likeness (QED) is 0.348. The van der Waals surface area contributed by atoms with Gasteiger partial charge in [-0.25, -0.2) is 0 Å². The number of hydrogen-bond acceptors (Lipinski definition) is 3. The Balaban J connectivity index is 3.50. The maximum Gasteiger partial charge on any atom is 0.537 e. The van der Waals surface area contributed by atoms with Crippen LogP contribution < -0.4 is 5.19 Å². The molecule has 1 aromatic carbocycles. The van der Waals surface area contributed by atoms with Crippen LogP contribution in [0.2, 0.25) is 0 Å². The fraction of sp³-hybridized carbons (Fsp3) is 0.333. The van der Waals surface area contributed by atoms with Gasteiger partial charge >= 0.3 is 8.80 Å². The van der Waals surface area contributed by atoms with Crippen molar-refractivity contribution < 1.29 is 13.3 Å². The average molecular weight is 514 g/mol. The minimum atomic E-state index is -2.85. The second-order valence-electron chi connectivity index (χ2n) is 3.02.